The molecular formula is C24H31N3O2. The van der Waals surface area contributed by atoms with Crippen molar-refractivity contribution in [3.05, 3.63) is 58.2 Å². The first-order chi connectivity index (χ1) is 13.6. The highest BCUT2D eigenvalue weighted by Gasteiger charge is 2.25. The molecule has 0 unspecified atom stereocenters. The normalized spacial score (nSPS) is 14.9. The number of amides is 1. The standard InChI is InChI=1S/C24H31N3O2/c1-16-21(11-8-18-6-9-19(10-7-18)24(3,4)5)25-17(2)26-22(16)23(29)27-14-12-20(28)13-15-27/h6-7,9-10H,8,11-15H2,1-5H3. The zero-order valence-electron chi connectivity index (χ0n) is 18.2. The van der Waals surface area contributed by atoms with Crippen LogP contribution in [0.2, 0.25) is 0 Å². The van der Waals surface area contributed by atoms with Crippen LogP contribution in [0.3, 0.4) is 0 Å². The summed E-state index contributed by atoms with van der Waals surface area (Å²) in [6.45, 7) is 11.4. The minimum Gasteiger partial charge on any atom is -0.336 e. The molecule has 0 aliphatic carbocycles. The van der Waals surface area contributed by atoms with Gasteiger partial charge in [-0.25, -0.2) is 9.97 Å². The number of carbonyl (C=O) groups is 2. The van der Waals surface area contributed by atoms with E-state index in [-0.39, 0.29) is 17.1 Å². The van der Waals surface area contributed by atoms with Crippen LogP contribution in [0.25, 0.3) is 0 Å². The highest BCUT2D eigenvalue weighted by Crippen LogP contribution is 2.23. The number of carbonyl (C=O) groups excluding carboxylic acids is 2. The fourth-order valence-electron chi connectivity index (χ4n) is 3.68. The van der Waals surface area contributed by atoms with E-state index in [2.05, 4.69) is 55.0 Å². The average Bonchev–Trinajstić information content (AvgIpc) is 2.68. The molecule has 1 aromatic heterocycles. The maximum atomic E-state index is 13.0. The number of aromatic nitrogens is 2. The second-order valence-corrected chi connectivity index (χ2v) is 8.97. The molecule has 29 heavy (non-hydrogen) atoms. The highest BCUT2D eigenvalue weighted by atomic mass is 16.2. The van der Waals surface area contributed by atoms with E-state index in [1.807, 2.05) is 13.8 Å². The molecule has 1 fully saturated rings. The zero-order chi connectivity index (χ0) is 21.2. The van der Waals surface area contributed by atoms with Crippen LogP contribution in [0.4, 0.5) is 0 Å². The molecule has 0 N–H and O–H groups in total. The van der Waals surface area contributed by atoms with Crippen molar-refractivity contribution in [1.82, 2.24) is 14.9 Å². The predicted octanol–water partition coefficient (Wildman–Crippen LogP) is 3.98. The first-order valence-electron chi connectivity index (χ1n) is 10.4. The van der Waals surface area contributed by atoms with E-state index < -0.39 is 0 Å². The number of aryl methyl sites for hydroxylation is 3. The summed E-state index contributed by atoms with van der Waals surface area (Å²) in [4.78, 5) is 35.2. The van der Waals surface area contributed by atoms with E-state index >= 15 is 0 Å². The molecule has 1 amide bonds. The van der Waals surface area contributed by atoms with Crippen LogP contribution in [0.5, 0.6) is 0 Å². The van der Waals surface area contributed by atoms with Gasteiger partial charge in [-0.15, -0.1) is 0 Å². The molecular weight excluding hydrogens is 362 g/mol. The van der Waals surface area contributed by atoms with Crippen LogP contribution >= 0.6 is 0 Å². The lowest BCUT2D eigenvalue weighted by molar-refractivity contribution is -0.120. The molecule has 1 aromatic carbocycles. The first kappa shape index (κ1) is 21.2. The van der Waals surface area contributed by atoms with Crippen molar-refractivity contribution in [2.75, 3.05) is 13.1 Å². The molecule has 5 nitrogen and oxygen atoms in total. The zero-order valence-corrected chi connectivity index (χ0v) is 18.2. The monoisotopic (exact) mass is 393 g/mol. The Kier molecular flexibility index (Phi) is 6.15. The fraction of sp³-hybridized carbons (Fsp3) is 0.500. The largest absolute Gasteiger partial charge is 0.336 e. The quantitative estimate of drug-likeness (QED) is 0.788. The Morgan fingerprint density at radius 1 is 1.00 bits per heavy atom. The van der Waals surface area contributed by atoms with Crippen LogP contribution in [-0.2, 0) is 23.1 Å². The molecule has 1 aliphatic rings. The number of likely N-dealkylation sites (tertiary alicyclic amines) is 1. The van der Waals surface area contributed by atoms with Crippen molar-refractivity contribution in [2.45, 2.75) is 65.7 Å². The van der Waals surface area contributed by atoms with Crippen molar-refractivity contribution >= 4 is 11.7 Å². The number of ketones is 1. The molecule has 0 atom stereocenters. The van der Waals surface area contributed by atoms with Gasteiger partial charge in [-0.05, 0) is 43.2 Å². The molecule has 1 aliphatic heterocycles. The number of benzene rings is 1. The lowest BCUT2D eigenvalue weighted by Gasteiger charge is -2.26. The maximum absolute atomic E-state index is 13.0. The maximum Gasteiger partial charge on any atom is 0.272 e. The Morgan fingerprint density at radius 3 is 2.21 bits per heavy atom. The first-order valence-corrected chi connectivity index (χ1v) is 10.4. The van der Waals surface area contributed by atoms with E-state index in [4.69, 9.17) is 0 Å². The Balaban J connectivity index is 1.75. The Hall–Kier alpha value is -2.56. The van der Waals surface area contributed by atoms with Gasteiger partial charge in [-0.2, -0.15) is 0 Å². The molecule has 1 saturated heterocycles. The summed E-state index contributed by atoms with van der Waals surface area (Å²) in [6.07, 6.45) is 2.51. The molecule has 154 valence electrons. The smallest absolute Gasteiger partial charge is 0.272 e. The number of nitrogens with zero attached hydrogens (tertiary/aromatic N) is 3. The summed E-state index contributed by atoms with van der Waals surface area (Å²) in [5, 5.41) is 0. The Bertz CT molecular complexity index is 901. The van der Waals surface area contributed by atoms with Crippen LogP contribution in [0, 0.1) is 13.8 Å². The van der Waals surface area contributed by atoms with Crippen molar-refractivity contribution in [3.8, 4) is 0 Å². The minimum absolute atomic E-state index is 0.0868. The van der Waals surface area contributed by atoms with Gasteiger partial charge in [0.2, 0.25) is 0 Å². The summed E-state index contributed by atoms with van der Waals surface area (Å²) >= 11 is 0. The SMILES string of the molecule is Cc1nc(CCc2ccc(C(C)(C)C)cc2)c(C)c(C(=O)N2CCC(=O)CC2)n1. The molecule has 0 spiro atoms. The number of hydrogen-bond donors (Lipinski definition) is 0. The summed E-state index contributed by atoms with van der Waals surface area (Å²) in [5.41, 5.74) is 4.98. The Morgan fingerprint density at radius 2 is 1.62 bits per heavy atom. The van der Waals surface area contributed by atoms with E-state index in [0.717, 1.165) is 24.1 Å². The third kappa shape index (κ3) is 5.08. The van der Waals surface area contributed by atoms with Gasteiger partial charge in [0.25, 0.3) is 5.91 Å². The van der Waals surface area contributed by atoms with Crippen molar-refractivity contribution in [3.63, 3.8) is 0 Å². The second kappa shape index (κ2) is 8.44. The lowest BCUT2D eigenvalue weighted by Crippen LogP contribution is -2.39. The third-order valence-electron chi connectivity index (χ3n) is 5.64. The Labute approximate surface area is 173 Å². The molecule has 2 heterocycles. The van der Waals surface area contributed by atoms with Crippen molar-refractivity contribution in [2.24, 2.45) is 0 Å². The number of Topliss-reactive ketones (excluding diaryl/α,β-unsaturated/α-hetero) is 1. The molecule has 0 bridgehead atoms. The van der Waals surface area contributed by atoms with Crippen molar-refractivity contribution in [1.29, 1.82) is 0 Å². The lowest BCUT2D eigenvalue weighted by atomic mass is 9.86. The minimum atomic E-state index is -0.0868. The molecule has 5 heteroatoms. The van der Waals surface area contributed by atoms with Crippen LogP contribution in [0.15, 0.2) is 24.3 Å². The van der Waals surface area contributed by atoms with Crippen LogP contribution in [-0.4, -0.2) is 39.6 Å². The van der Waals surface area contributed by atoms with Crippen LogP contribution in [0.1, 0.15) is 72.3 Å². The molecule has 0 saturated carbocycles. The molecule has 2 aromatic rings. The van der Waals surface area contributed by atoms with Gasteiger partial charge in [0.05, 0.1) is 0 Å². The molecule has 3 rings (SSSR count). The average molecular weight is 394 g/mol. The van der Waals surface area contributed by atoms with E-state index in [9.17, 15) is 9.59 Å². The van der Waals surface area contributed by atoms with Gasteiger partial charge in [0, 0.05) is 37.2 Å². The number of rotatable bonds is 4. The molecule has 0 radical (unpaired) electrons. The number of piperidine rings is 1. The van der Waals surface area contributed by atoms with Gasteiger partial charge in [0.1, 0.15) is 17.3 Å². The van der Waals surface area contributed by atoms with Gasteiger partial charge in [-0.3, -0.25) is 9.59 Å². The van der Waals surface area contributed by atoms with Gasteiger partial charge in [0.15, 0.2) is 0 Å². The van der Waals surface area contributed by atoms with Crippen molar-refractivity contribution < 1.29 is 9.59 Å². The predicted molar refractivity (Wildman–Crippen MR) is 114 cm³/mol. The summed E-state index contributed by atoms with van der Waals surface area (Å²) < 4.78 is 0. The van der Waals surface area contributed by atoms with Gasteiger partial charge in [-0.1, -0.05) is 45.0 Å². The summed E-state index contributed by atoms with van der Waals surface area (Å²) in [7, 11) is 0. The number of hydrogen-bond acceptors (Lipinski definition) is 4. The topological polar surface area (TPSA) is 63.2 Å². The second-order valence-electron chi connectivity index (χ2n) is 8.97. The van der Waals surface area contributed by atoms with E-state index in [0.29, 0.717) is 37.4 Å². The van der Waals surface area contributed by atoms with Gasteiger partial charge >= 0.3 is 0 Å². The summed E-state index contributed by atoms with van der Waals surface area (Å²) in [6, 6.07) is 8.75. The third-order valence-corrected chi connectivity index (χ3v) is 5.64. The van der Waals surface area contributed by atoms with Gasteiger partial charge < -0.3 is 4.90 Å². The summed E-state index contributed by atoms with van der Waals surface area (Å²) in [5.74, 6) is 0.754. The highest BCUT2D eigenvalue weighted by molar-refractivity contribution is 5.95. The van der Waals surface area contributed by atoms with E-state index in [1.54, 1.807) is 4.90 Å². The fourth-order valence-corrected chi connectivity index (χ4v) is 3.68. The van der Waals surface area contributed by atoms with Crippen LogP contribution < -0.4 is 0 Å². The van der Waals surface area contributed by atoms with E-state index in [1.165, 1.54) is 11.1 Å².